The number of aliphatic hydroxyl groups is 3. The normalized spacial score (nSPS) is 53.6. The van der Waals surface area contributed by atoms with Gasteiger partial charge in [-0.25, -0.2) is 0 Å². The third-order valence-corrected chi connectivity index (χ3v) is 9.17. The Morgan fingerprint density at radius 1 is 1.19 bits per heavy atom. The zero-order chi connectivity index (χ0) is 18.9. The quantitative estimate of drug-likeness (QED) is 0.695. The van der Waals surface area contributed by atoms with Gasteiger partial charge in [-0.1, -0.05) is 13.8 Å². The molecule has 0 aromatic carbocycles. The Morgan fingerprint density at radius 2 is 1.92 bits per heavy atom. The third-order valence-electron chi connectivity index (χ3n) is 9.17. The molecular weight excluding hydrogens is 332 g/mol. The first-order valence-electron chi connectivity index (χ1n) is 10.2. The molecule has 0 radical (unpaired) electrons. The SMILES string of the molecule is CC12CCC(=O)CC1CCC1C2C(O)CC2(C)C1CC[C@]2(O)C(=O)CO. The molecule has 5 heteroatoms. The number of fused-ring (bicyclic) bond motifs is 5. The average molecular weight is 364 g/mol. The van der Waals surface area contributed by atoms with Crippen molar-refractivity contribution < 1.29 is 24.9 Å². The second-order valence-corrected chi connectivity index (χ2v) is 9.99. The fraction of sp³-hybridized carbons (Fsp3) is 0.905. The van der Waals surface area contributed by atoms with Gasteiger partial charge in [0.15, 0.2) is 5.78 Å². The Morgan fingerprint density at radius 3 is 2.62 bits per heavy atom. The van der Waals surface area contributed by atoms with E-state index in [1.807, 2.05) is 6.92 Å². The lowest BCUT2D eigenvalue weighted by Crippen LogP contribution is -2.63. The van der Waals surface area contributed by atoms with Gasteiger partial charge < -0.3 is 15.3 Å². The molecule has 4 aliphatic rings. The highest BCUT2D eigenvalue weighted by Gasteiger charge is 2.68. The second-order valence-electron chi connectivity index (χ2n) is 9.99. The first-order chi connectivity index (χ1) is 12.2. The van der Waals surface area contributed by atoms with Crippen molar-refractivity contribution in [3.8, 4) is 0 Å². The molecule has 0 spiro atoms. The number of hydrogen-bond acceptors (Lipinski definition) is 5. The Balaban J connectivity index is 1.70. The number of rotatable bonds is 2. The highest BCUT2D eigenvalue weighted by atomic mass is 16.3. The van der Waals surface area contributed by atoms with Crippen LogP contribution in [0.3, 0.4) is 0 Å². The number of carbonyl (C=O) groups is 2. The van der Waals surface area contributed by atoms with Crippen molar-refractivity contribution in [1.82, 2.24) is 0 Å². The maximum Gasteiger partial charge on any atom is 0.190 e. The molecule has 0 bridgehead atoms. The van der Waals surface area contributed by atoms with Gasteiger partial charge >= 0.3 is 0 Å². The fourth-order valence-corrected chi connectivity index (χ4v) is 7.76. The summed E-state index contributed by atoms with van der Waals surface area (Å²) in [6.45, 7) is 3.55. The number of Topliss-reactive ketones (excluding diaryl/α,β-unsaturated/α-hetero) is 2. The summed E-state index contributed by atoms with van der Waals surface area (Å²) >= 11 is 0. The average Bonchev–Trinajstić information content (AvgIpc) is 2.86. The van der Waals surface area contributed by atoms with Gasteiger partial charge in [0, 0.05) is 18.3 Å². The zero-order valence-electron chi connectivity index (χ0n) is 15.9. The summed E-state index contributed by atoms with van der Waals surface area (Å²) in [6.07, 6.45) is 5.02. The monoisotopic (exact) mass is 364 g/mol. The lowest BCUT2D eigenvalue weighted by Gasteiger charge is -2.62. The molecule has 5 nitrogen and oxygen atoms in total. The molecule has 146 valence electrons. The van der Waals surface area contributed by atoms with E-state index in [9.17, 15) is 24.9 Å². The van der Waals surface area contributed by atoms with E-state index in [4.69, 9.17) is 0 Å². The molecule has 4 rings (SSSR count). The van der Waals surface area contributed by atoms with Crippen LogP contribution in [0.2, 0.25) is 0 Å². The van der Waals surface area contributed by atoms with Gasteiger partial charge in [-0.15, -0.1) is 0 Å². The van der Waals surface area contributed by atoms with Gasteiger partial charge in [-0.2, -0.15) is 0 Å². The summed E-state index contributed by atoms with van der Waals surface area (Å²) in [6, 6.07) is 0. The van der Waals surface area contributed by atoms with Crippen LogP contribution in [0, 0.1) is 34.5 Å². The molecule has 8 atom stereocenters. The standard InChI is InChI=1S/C21H32O5/c1-19-7-5-13(23)9-12(19)3-4-14-15-6-8-21(26,17(25)11-22)20(15,2)10-16(24)18(14)19/h12,14-16,18,22,24,26H,3-11H2,1-2H3/t12?,14?,15?,16?,18?,19?,20?,21-/m0/s1. The first-order valence-corrected chi connectivity index (χ1v) is 10.2. The van der Waals surface area contributed by atoms with Crippen LogP contribution < -0.4 is 0 Å². The first kappa shape index (κ1) is 18.6. The fourth-order valence-electron chi connectivity index (χ4n) is 7.76. The third kappa shape index (κ3) is 2.20. The Kier molecular flexibility index (Phi) is 4.18. The van der Waals surface area contributed by atoms with E-state index in [-0.39, 0.29) is 23.2 Å². The van der Waals surface area contributed by atoms with Crippen LogP contribution in [-0.4, -0.2) is 45.2 Å². The van der Waals surface area contributed by atoms with Gasteiger partial charge in [0.2, 0.25) is 0 Å². The van der Waals surface area contributed by atoms with E-state index in [0.29, 0.717) is 37.4 Å². The summed E-state index contributed by atoms with van der Waals surface area (Å²) in [5, 5.41) is 31.8. The van der Waals surface area contributed by atoms with E-state index in [1.165, 1.54) is 0 Å². The molecule has 0 saturated heterocycles. The number of hydrogen-bond donors (Lipinski definition) is 3. The van der Waals surface area contributed by atoms with Crippen molar-refractivity contribution in [2.24, 2.45) is 34.5 Å². The molecule has 0 aromatic rings. The highest BCUT2D eigenvalue weighted by Crippen LogP contribution is 2.68. The minimum atomic E-state index is -1.53. The molecule has 4 saturated carbocycles. The van der Waals surface area contributed by atoms with Crippen molar-refractivity contribution in [3.63, 3.8) is 0 Å². The molecule has 0 aliphatic heterocycles. The number of ketones is 2. The molecule has 3 N–H and O–H groups in total. The van der Waals surface area contributed by atoms with E-state index < -0.39 is 29.5 Å². The van der Waals surface area contributed by atoms with Crippen LogP contribution in [0.15, 0.2) is 0 Å². The molecule has 4 fully saturated rings. The lowest BCUT2D eigenvalue weighted by atomic mass is 9.43. The Bertz CT molecular complexity index is 632. The number of aliphatic hydroxyl groups excluding tert-OH is 2. The summed E-state index contributed by atoms with van der Waals surface area (Å²) < 4.78 is 0. The zero-order valence-corrected chi connectivity index (χ0v) is 15.9. The maximum absolute atomic E-state index is 12.4. The molecule has 0 aromatic heterocycles. The van der Waals surface area contributed by atoms with Gasteiger partial charge in [0.1, 0.15) is 18.0 Å². The molecule has 0 heterocycles. The Labute approximate surface area is 155 Å². The highest BCUT2D eigenvalue weighted by molar-refractivity contribution is 5.89. The van der Waals surface area contributed by atoms with Crippen LogP contribution >= 0.6 is 0 Å². The van der Waals surface area contributed by atoms with Crippen molar-refractivity contribution in [2.45, 2.75) is 76.9 Å². The van der Waals surface area contributed by atoms with E-state index in [2.05, 4.69) is 6.92 Å². The smallest absolute Gasteiger partial charge is 0.190 e. The van der Waals surface area contributed by atoms with Gasteiger partial charge in [-0.3, -0.25) is 9.59 Å². The van der Waals surface area contributed by atoms with Crippen LogP contribution in [0.1, 0.15) is 65.2 Å². The summed E-state index contributed by atoms with van der Waals surface area (Å²) in [5.41, 5.74) is -2.24. The Hall–Kier alpha value is -0.780. The lowest BCUT2D eigenvalue weighted by molar-refractivity contribution is -0.198. The molecule has 7 unspecified atom stereocenters. The van der Waals surface area contributed by atoms with Crippen LogP contribution in [0.4, 0.5) is 0 Å². The van der Waals surface area contributed by atoms with Crippen molar-refractivity contribution >= 4 is 11.6 Å². The van der Waals surface area contributed by atoms with Crippen molar-refractivity contribution in [1.29, 1.82) is 0 Å². The summed E-state index contributed by atoms with van der Waals surface area (Å²) in [7, 11) is 0. The largest absolute Gasteiger partial charge is 0.393 e. The van der Waals surface area contributed by atoms with Gasteiger partial charge in [0.05, 0.1) is 6.10 Å². The topological polar surface area (TPSA) is 94.8 Å². The van der Waals surface area contributed by atoms with Gasteiger partial charge in [0.25, 0.3) is 0 Å². The number of carbonyl (C=O) groups excluding carboxylic acids is 2. The van der Waals surface area contributed by atoms with E-state index in [1.54, 1.807) is 0 Å². The summed E-state index contributed by atoms with van der Waals surface area (Å²) in [5.74, 6) is 0.800. The molecule has 4 aliphatic carbocycles. The summed E-state index contributed by atoms with van der Waals surface area (Å²) in [4.78, 5) is 24.3. The molecule has 26 heavy (non-hydrogen) atoms. The molecule has 0 amide bonds. The van der Waals surface area contributed by atoms with Crippen LogP contribution in [0.25, 0.3) is 0 Å². The van der Waals surface area contributed by atoms with Gasteiger partial charge in [-0.05, 0) is 67.6 Å². The van der Waals surface area contributed by atoms with Crippen molar-refractivity contribution in [2.75, 3.05) is 6.61 Å². The van der Waals surface area contributed by atoms with Crippen LogP contribution in [0.5, 0.6) is 0 Å². The van der Waals surface area contributed by atoms with Crippen LogP contribution in [-0.2, 0) is 9.59 Å². The van der Waals surface area contributed by atoms with E-state index >= 15 is 0 Å². The van der Waals surface area contributed by atoms with Crippen molar-refractivity contribution in [3.05, 3.63) is 0 Å². The predicted octanol–water partition coefficient (Wildman–Crippen LogP) is 1.86. The maximum atomic E-state index is 12.4. The molecular formula is C21H32O5. The second kappa shape index (κ2) is 5.86. The minimum Gasteiger partial charge on any atom is -0.393 e. The minimum absolute atomic E-state index is 0.0285. The predicted molar refractivity (Wildman–Crippen MR) is 95.2 cm³/mol. The van der Waals surface area contributed by atoms with E-state index in [0.717, 1.165) is 25.7 Å².